The highest BCUT2D eigenvalue weighted by molar-refractivity contribution is 9.10. The van der Waals surface area contributed by atoms with E-state index in [1.165, 1.54) is 12.1 Å². The van der Waals surface area contributed by atoms with Crippen LogP contribution in [0.3, 0.4) is 0 Å². The summed E-state index contributed by atoms with van der Waals surface area (Å²) in [5.74, 6) is -2.05. The van der Waals surface area contributed by atoms with Crippen LogP contribution in [0.2, 0.25) is 0 Å². The molecule has 0 saturated heterocycles. The Bertz CT molecular complexity index is 469. The average Bonchev–Trinajstić information content (AvgIpc) is 2.30. The van der Waals surface area contributed by atoms with Gasteiger partial charge in [-0.3, -0.25) is 0 Å². The predicted octanol–water partition coefficient (Wildman–Crippen LogP) is 1.16. The summed E-state index contributed by atoms with van der Waals surface area (Å²) in [7, 11) is 0. The molecule has 1 aromatic carbocycles. The second-order valence-corrected chi connectivity index (χ2v) is 4.21. The number of aliphatic hydroxyl groups is 1. The van der Waals surface area contributed by atoms with Gasteiger partial charge in [0.05, 0.1) is 12.3 Å². The van der Waals surface area contributed by atoms with Crippen molar-refractivity contribution in [2.45, 2.75) is 6.04 Å². The molecule has 0 fully saturated rings. The quantitative estimate of drug-likeness (QED) is 0.669. The number of carbonyl (C=O) groups excluding carboxylic acids is 1. The molecule has 0 radical (unpaired) electrons. The van der Waals surface area contributed by atoms with Crippen LogP contribution in [0.5, 0.6) is 0 Å². The smallest absolute Gasteiger partial charge is 0.328 e. The molecule has 6 nitrogen and oxygen atoms in total. The fraction of sp³-hybridized carbons (Fsp3) is 0.200. The van der Waals surface area contributed by atoms with Crippen LogP contribution in [-0.2, 0) is 4.79 Å². The molecule has 0 saturated carbocycles. The van der Waals surface area contributed by atoms with Crippen LogP contribution >= 0.6 is 15.9 Å². The Hall–Kier alpha value is -1.67. The van der Waals surface area contributed by atoms with Gasteiger partial charge in [0.25, 0.3) is 0 Å². The number of nitrogens with one attached hydrogen (secondary N) is 2. The molecule has 18 heavy (non-hydrogen) atoms. The number of hydrogen-bond donors (Lipinski definition) is 4. The van der Waals surface area contributed by atoms with Crippen LogP contribution in [0.15, 0.2) is 22.7 Å². The zero-order chi connectivity index (χ0) is 13.7. The summed E-state index contributed by atoms with van der Waals surface area (Å²) in [5, 5.41) is 21.4. The van der Waals surface area contributed by atoms with Gasteiger partial charge < -0.3 is 20.8 Å². The molecule has 1 aromatic rings. The zero-order valence-electron chi connectivity index (χ0n) is 8.98. The molecule has 0 aliphatic rings. The van der Waals surface area contributed by atoms with Crippen LogP contribution in [0.1, 0.15) is 0 Å². The summed E-state index contributed by atoms with van der Waals surface area (Å²) in [6.45, 7) is -0.760. The van der Waals surface area contributed by atoms with Crippen LogP contribution < -0.4 is 10.6 Å². The van der Waals surface area contributed by atoms with Crippen molar-refractivity contribution in [1.29, 1.82) is 0 Å². The van der Waals surface area contributed by atoms with E-state index in [1.54, 1.807) is 0 Å². The van der Waals surface area contributed by atoms with Gasteiger partial charge >= 0.3 is 12.0 Å². The van der Waals surface area contributed by atoms with Crippen molar-refractivity contribution in [3.05, 3.63) is 28.5 Å². The summed E-state index contributed by atoms with van der Waals surface area (Å²) < 4.78 is 13.8. The van der Waals surface area contributed by atoms with Crippen molar-refractivity contribution in [3.8, 4) is 0 Å². The first-order chi connectivity index (χ1) is 8.43. The number of amides is 2. The number of benzene rings is 1. The first-order valence-electron chi connectivity index (χ1n) is 4.80. The van der Waals surface area contributed by atoms with E-state index in [4.69, 9.17) is 10.2 Å². The van der Waals surface area contributed by atoms with Crippen molar-refractivity contribution < 1.29 is 24.2 Å². The maximum Gasteiger partial charge on any atom is 0.328 e. The number of anilines is 1. The summed E-state index contributed by atoms with van der Waals surface area (Å²) in [4.78, 5) is 21.9. The van der Waals surface area contributed by atoms with Crippen LogP contribution in [0.4, 0.5) is 14.9 Å². The van der Waals surface area contributed by atoms with E-state index in [0.29, 0.717) is 4.47 Å². The van der Waals surface area contributed by atoms with Gasteiger partial charge in [-0.25, -0.2) is 14.0 Å². The first kappa shape index (κ1) is 14.4. The predicted molar refractivity (Wildman–Crippen MR) is 64.8 cm³/mol. The van der Waals surface area contributed by atoms with Gasteiger partial charge in [-0.05, 0) is 18.2 Å². The van der Waals surface area contributed by atoms with Gasteiger partial charge in [0.2, 0.25) is 0 Å². The molecule has 0 heterocycles. The van der Waals surface area contributed by atoms with Crippen LogP contribution in [0, 0.1) is 5.82 Å². The lowest BCUT2D eigenvalue weighted by Crippen LogP contribution is -2.45. The molecule has 0 aromatic heterocycles. The van der Waals surface area contributed by atoms with E-state index < -0.39 is 30.5 Å². The fourth-order valence-electron chi connectivity index (χ4n) is 1.10. The molecule has 98 valence electrons. The minimum absolute atomic E-state index is 0.107. The maximum absolute atomic E-state index is 13.3. The van der Waals surface area contributed by atoms with Crippen LogP contribution in [-0.4, -0.2) is 34.9 Å². The second-order valence-electron chi connectivity index (χ2n) is 3.30. The molecule has 1 rings (SSSR count). The van der Waals surface area contributed by atoms with E-state index in [1.807, 2.05) is 5.32 Å². The normalized spacial score (nSPS) is 11.7. The molecule has 0 aliphatic heterocycles. The first-order valence-corrected chi connectivity index (χ1v) is 5.59. The number of carbonyl (C=O) groups is 2. The number of urea groups is 1. The van der Waals surface area contributed by atoms with E-state index in [-0.39, 0.29) is 5.69 Å². The zero-order valence-corrected chi connectivity index (χ0v) is 10.6. The van der Waals surface area contributed by atoms with Crippen molar-refractivity contribution >= 4 is 33.6 Å². The van der Waals surface area contributed by atoms with Crippen molar-refractivity contribution in [3.63, 3.8) is 0 Å². The van der Waals surface area contributed by atoms with E-state index >= 15 is 0 Å². The molecular formula is C10H10BrFN2O4. The lowest BCUT2D eigenvalue weighted by atomic mass is 10.3. The Morgan fingerprint density at radius 2 is 2.11 bits per heavy atom. The van der Waals surface area contributed by atoms with Crippen molar-refractivity contribution in [2.24, 2.45) is 0 Å². The number of carboxylic acids is 1. The SMILES string of the molecule is O=C(Nc1cc(Br)ccc1F)N[C@H](CO)C(=O)O. The minimum atomic E-state index is -1.44. The maximum atomic E-state index is 13.3. The number of rotatable bonds is 4. The summed E-state index contributed by atoms with van der Waals surface area (Å²) in [6, 6.07) is 1.55. The topological polar surface area (TPSA) is 98.7 Å². The number of halogens is 2. The van der Waals surface area contributed by atoms with Gasteiger partial charge in [-0.1, -0.05) is 15.9 Å². The van der Waals surface area contributed by atoms with E-state index in [2.05, 4.69) is 21.2 Å². The monoisotopic (exact) mass is 320 g/mol. The lowest BCUT2D eigenvalue weighted by Gasteiger charge is -2.13. The fourth-order valence-corrected chi connectivity index (χ4v) is 1.46. The number of hydrogen-bond acceptors (Lipinski definition) is 3. The number of aliphatic carboxylic acids is 1. The molecule has 2 amide bonds. The third-order valence-electron chi connectivity index (χ3n) is 1.96. The van der Waals surface area contributed by atoms with E-state index in [0.717, 1.165) is 6.07 Å². The highest BCUT2D eigenvalue weighted by atomic mass is 79.9. The average molecular weight is 321 g/mol. The molecule has 0 unspecified atom stereocenters. The largest absolute Gasteiger partial charge is 0.480 e. The van der Waals surface area contributed by atoms with Gasteiger partial charge in [0.15, 0.2) is 6.04 Å². The Kier molecular flexibility index (Phi) is 5.05. The number of carboxylic acid groups (broad SMARTS) is 1. The molecule has 0 aliphatic carbocycles. The minimum Gasteiger partial charge on any atom is -0.480 e. The van der Waals surface area contributed by atoms with Crippen molar-refractivity contribution in [2.75, 3.05) is 11.9 Å². The lowest BCUT2D eigenvalue weighted by molar-refractivity contribution is -0.140. The highest BCUT2D eigenvalue weighted by Gasteiger charge is 2.19. The van der Waals surface area contributed by atoms with E-state index in [9.17, 15) is 14.0 Å². The molecular weight excluding hydrogens is 311 g/mol. The summed E-state index contributed by atoms with van der Waals surface area (Å²) >= 11 is 3.10. The Balaban J connectivity index is 2.70. The summed E-state index contributed by atoms with van der Waals surface area (Å²) in [6.07, 6.45) is 0. The highest BCUT2D eigenvalue weighted by Crippen LogP contribution is 2.19. The standard InChI is InChI=1S/C10H10BrFN2O4/c11-5-1-2-6(12)7(3-5)13-10(18)14-8(4-15)9(16)17/h1-3,8,15H,4H2,(H,16,17)(H2,13,14,18)/t8-/m1/s1. The van der Waals surface area contributed by atoms with Gasteiger partial charge in [0.1, 0.15) is 5.82 Å². The molecule has 0 bridgehead atoms. The third kappa shape index (κ3) is 3.97. The second kappa shape index (κ2) is 6.31. The van der Waals surface area contributed by atoms with Gasteiger partial charge in [-0.15, -0.1) is 0 Å². The number of aliphatic hydroxyl groups excluding tert-OH is 1. The molecule has 4 N–H and O–H groups in total. The van der Waals surface area contributed by atoms with Crippen LogP contribution in [0.25, 0.3) is 0 Å². The molecule has 0 spiro atoms. The third-order valence-corrected chi connectivity index (χ3v) is 2.46. The van der Waals surface area contributed by atoms with Gasteiger partial charge in [0, 0.05) is 4.47 Å². The Morgan fingerprint density at radius 1 is 1.44 bits per heavy atom. The molecule has 8 heteroatoms. The Labute approximate surface area is 110 Å². The summed E-state index contributed by atoms with van der Waals surface area (Å²) in [5.41, 5.74) is -0.107. The van der Waals surface area contributed by atoms with Crippen molar-refractivity contribution in [1.82, 2.24) is 5.32 Å². The van der Waals surface area contributed by atoms with Gasteiger partial charge in [-0.2, -0.15) is 0 Å². The molecule has 1 atom stereocenters. The Morgan fingerprint density at radius 3 is 2.67 bits per heavy atom.